The van der Waals surface area contributed by atoms with Crippen LogP contribution < -0.4 is 9.80 Å². The Morgan fingerprint density at radius 2 is 2.04 bits per heavy atom. The van der Waals surface area contributed by atoms with Crippen molar-refractivity contribution in [3.05, 3.63) is 58.6 Å². The molecule has 0 N–H and O–H groups in total. The summed E-state index contributed by atoms with van der Waals surface area (Å²) in [6, 6.07) is 12.5. The highest BCUT2D eigenvalue weighted by Crippen LogP contribution is 2.35. The van der Waals surface area contributed by atoms with Crippen LogP contribution in [0.3, 0.4) is 0 Å². The number of benzene rings is 2. The number of nitrogens with zero attached hydrogens (tertiary/aromatic N) is 3. The minimum Gasteiger partial charge on any atom is -0.354 e. The largest absolute Gasteiger partial charge is 0.354 e. The maximum Gasteiger partial charge on any atom is 0.258 e. The van der Waals surface area contributed by atoms with Crippen LogP contribution in [0.2, 0.25) is 5.02 Å². The van der Waals surface area contributed by atoms with E-state index in [1.807, 2.05) is 30.1 Å². The summed E-state index contributed by atoms with van der Waals surface area (Å²) in [5.41, 5.74) is 2.76. The van der Waals surface area contributed by atoms with Gasteiger partial charge in [-0.25, -0.2) is 0 Å². The Balaban J connectivity index is 1.68. The molecule has 1 unspecified atom stereocenters. The van der Waals surface area contributed by atoms with Gasteiger partial charge >= 0.3 is 0 Å². The summed E-state index contributed by atoms with van der Waals surface area (Å²) in [6.07, 6.45) is 2.06. The van der Waals surface area contributed by atoms with Gasteiger partial charge in [0.25, 0.3) is 11.8 Å². The Morgan fingerprint density at radius 1 is 1.23 bits per heavy atom. The molecule has 1 fully saturated rings. The van der Waals surface area contributed by atoms with Crippen molar-refractivity contribution in [2.24, 2.45) is 0 Å². The zero-order valence-corrected chi connectivity index (χ0v) is 15.5. The lowest BCUT2D eigenvalue weighted by molar-refractivity contribution is 0.0719. The van der Waals surface area contributed by atoms with Crippen LogP contribution in [0.15, 0.2) is 42.5 Å². The van der Waals surface area contributed by atoms with E-state index in [0.29, 0.717) is 16.1 Å². The number of hydrogen-bond acceptors (Lipinski definition) is 3. The predicted octanol–water partition coefficient (Wildman–Crippen LogP) is 3.63. The molecule has 2 heterocycles. The van der Waals surface area contributed by atoms with E-state index in [-0.39, 0.29) is 18.0 Å². The molecule has 2 aromatic rings. The SMILES string of the molecule is CN(C(=O)c1ccc2c(c1)N(C)C1CCCN1C2=O)c1cccc(Cl)c1. The van der Waals surface area contributed by atoms with Gasteiger partial charge in [-0.1, -0.05) is 17.7 Å². The molecular formula is C20H20ClN3O2. The van der Waals surface area contributed by atoms with Gasteiger partial charge in [-0.2, -0.15) is 0 Å². The Kier molecular flexibility index (Phi) is 4.11. The molecule has 5 nitrogen and oxygen atoms in total. The first kappa shape index (κ1) is 16.9. The average molecular weight is 370 g/mol. The molecule has 6 heteroatoms. The lowest BCUT2D eigenvalue weighted by Crippen LogP contribution is -2.50. The topological polar surface area (TPSA) is 43.9 Å². The molecular weight excluding hydrogens is 350 g/mol. The third-order valence-corrected chi connectivity index (χ3v) is 5.52. The first-order valence-corrected chi connectivity index (χ1v) is 9.06. The van der Waals surface area contributed by atoms with Crippen LogP contribution in [-0.4, -0.2) is 43.5 Å². The molecule has 2 amide bonds. The van der Waals surface area contributed by atoms with E-state index in [9.17, 15) is 9.59 Å². The summed E-state index contributed by atoms with van der Waals surface area (Å²) in [4.78, 5) is 31.2. The number of carbonyl (C=O) groups is 2. The van der Waals surface area contributed by atoms with E-state index in [2.05, 4.69) is 4.90 Å². The Morgan fingerprint density at radius 3 is 2.81 bits per heavy atom. The van der Waals surface area contributed by atoms with Gasteiger partial charge < -0.3 is 14.7 Å². The van der Waals surface area contributed by atoms with Crippen molar-refractivity contribution in [1.29, 1.82) is 0 Å². The van der Waals surface area contributed by atoms with Crippen molar-refractivity contribution in [1.82, 2.24) is 4.90 Å². The fourth-order valence-electron chi connectivity index (χ4n) is 3.84. The third kappa shape index (κ3) is 2.63. The second-order valence-electron chi connectivity index (χ2n) is 6.81. The van der Waals surface area contributed by atoms with Crippen LogP contribution in [0.5, 0.6) is 0 Å². The van der Waals surface area contributed by atoms with Gasteiger partial charge in [0.1, 0.15) is 6.17 Å². The summed E-state index contributed by atoms with van der Waals surface area (Å²) in [5, 5.41) is 0.583. The lowest BCUT2D eigenvalue weighted by Gasteiger charge is -2.40. The van der Waals surface area contributed by atoms with Crippen LogP contribution in [-0.2, 0) is 0 Å². The zero-order chi connectivity index (χ0) is 18.4. The molecule has 26 heavy (non-hydrogen) atoms. The van der Waals surface area contributed by atoms with Gasteiger partial charge in [0, 0.05) is 36.9 Å². The number of carbonyl (C=O) groups excluding carboxylic acids is 2. The van der Waals surface area contributed by atoms with Gasteiger partial charge in [-0.3, -0.25) is 9.59 Å². The minimum atomic E-state index is -0.134. The smallest absolute Gasteiger partial charge is 0.258 e. The van der Waals surface area contributed by atoms with Gasteiger partial charge in [-0.15, -0.1) is 0 Å². The minimum absolute atomic E-state index is 0.0581. The molecule has 1 saturated heterocycles. The van der Waals surface area contributed by atoms with E-state index in [1.54, 1.807) is 36.2 Å². The number of anilines is 2. The normalized spacial score (nSPS) is 18.6. The molecule has 134 valence electrons. The molecule has 0 aliphatic carbocycles. The van der Waals surface area contributed by atoms with Crippen LogP contribution in [0, 0.1) is 0 Å². The first-order valence-electron chi connectivity index (χ1n) is 8.69. The van der Waals surface area contributed by atoms with Crippen LogP contribution in [0.1, 0.15) is 33.6 Å². The molecule has 0 spiro atoms. The van der Waals surface area contributed by atoms with Gasteiger partial charge in [0.15, 0.2) is 0 Å². The molecule has 0 aromatic heterocycles. The summed E-state index contributed by atoms with van der Waals surface area (Å²) in [5.74, 6) is -0.0763. The molecule has 1 atom stereocenters. The molecule has 0 bridgehead atoms. The fraction of sp³-hybridized carbons (Fsp3) is 0.300. The molecule has 4 rings (SSSR count). The number of amides is 2. The second-order valence-corrected chi connectivity index (χ2v) is 7.24. The summed E-state index contributed by atoms with van der Waals surface area (Å²) in [6.45, 7) is 0.797. The third-order valence-electron chi connectivity index (χ3n) is 5.28. The second kappa shape index (κ2) is 6.32. The van der Waals surface area contributed by atoms with Gasteiger partial charge in [-0.05, 0) is 49.2 Å². The Hall–Kier alpha value is -2.53. The molecule has 0 radical (unpaired) electrons. The number of halogens is 1. The summed E-state index contributed by atoms with van der Waals surface area (Å²) < 4.78 is 0. The number of hydrogen-bond donors (Lipinski definition) is 0. The van der Waals surface area contributed by atoms with Crippen LogP contribution in [0.25, 0.3) is 0 Å². The average Bonchev–Trinajstić information content (AvgIpc) is 3.15. The van der Waals surface area contributed by atoms with E-state index in [4.69, 9.17) is 11.6 Å². The van der Waals surface area contributed by atoms with E-state index < -0.39 is 0 Å². The maximum absolute atomic E-state index is 12.9. The molecule has 0 saturated carbocycles. The number of fused-ring (bicyclic) bond motifs is 2. The first-order chi connectivity index (χ1) is 12.5. The van der Waals surface area contributed by atoms with Crippen molar-refractivity contribution in [3.63, 3.8) is 0 Å². The highest BCUT2D eigenvalue weighted by molar-refractivity contribution is 6.31. The maximum atomic E-state index is 12.9. The van der Waals surface area contributed by atoms with Gasteiger partial charge in [0.2, 0.25) is 0 Å². The van der Waals surface area contributed by atoms with Crippen LogP contribution in [0.4, 0.5) is 11.4 Å². The van der Waals surface area contributed by atoms with E-state index in [0.717, 1.165) is 30.8 Å². The summed E-state index contributed by atoms with van der Waals surface area (Å²) in [7, 11) is 3.71. The van der Waals surface area contributed by atoms with Crippen molar-refractivity contribution in [3.8, 4) is 0 Å². The Bertz CT molecular complexity index is 898. The fourth-order valence-corrected chi connectivity index (χ4v) is 4.02. The molecule has 2 aliphatic heterocycles. The van der Waals surface area contributed by atoms with Crippen molar-refractivity contribution in [2.45, 2.75) is 19.0 Å². The van der Waals surface area contributed by atoms with Gasteiger partial charge in [0.05, 0.1) is 11.3 Å². The molecule has 2 aromatic carbocycles. The molecule has 2 aliphatic rings. The van der Waals surface area contributed by atoms with Crippen LogP contribution >= 0.6 is 11.6 Å². The van der Waals surface area contributed by atoms with E-state index >= 15 is 0 Å². The van der Waals surface area contributed by atoms with Crippen molar-refractivity contribution in [2.75, 3.05) is 30.4 Å². The zero-order valence-electron chi connectivity index (χ0n) is 14.8. The predicted molar refractivity (Wildman–Crippen MR) is 103 cm³/mol. The van der Waals surface area contributed by atoms with Crippen molar-refractivity contribution < 1.29 is 9.59 Å². The standard InChI is InChI=1S/C20H20ClN3O2/c1-22(15-6-3-5-14(21)12-15)19(25)13-8-9-16-17(11-13)23(2)18-7-4-10-24(18)20(16)26/h3,5-6,8-9,11-12,18H,4,7,10H2,1-2H3. The summed E-state index contributed by atoms with van der Waals surface area (Å²) >= 11 is 6.03. The van der Waals surface area contributed by atoms with Crippen molar-refractivity contribution >= 4 is 34.8 Å². The Labute approximate surface area is 157 Å². The highest BCUT2D eigenvalue weighted by atomic mass is 35.5. The number of rotatable bonds is 2. The van der Waals surface area contributed by atoms with E-state index in [1.165, 1.54) is 0 Å². The quantitative estimate of drug-likeness (QED) is 0.812. The highest BCUT2D eigenvalue weighted by Gasteiger charge is 2.38. The monoisotopic (exact) mass is 369 g/mol. The lowest BCUT2D eigenvalue weighted by atomic mass is 10.0.